The van der Waals surface area contributed by atoms with Gasteiger partial charge in [-0.1, -0.05) is 38.1 Å². The Hall–Kier alpha value is -2.58. The number of alkyl halides is 1. The summed E-state index contributed by atoms with van der Waals surface area (Å²) in [6, 6.07) is -4.34. The molecule has 1 heterocycles. The number of halogens is 1. The first-order valence-electron chi connectivity index (χ1n) is 15.3. The van der Waals surface area contributed by atoms with Gasteiger partial charge in [0.2, 0.25) is 17.6 Å². The molecule has 12 nitrogen and oxygen atoms in total. The van der Waals surface area contributed by atoms with Gasteiger partial charge in [-0.3, -0.25) is 19.2 Å². The van der Waals surface area contributed by atoms with Gasteiger partial charge >= 0.3 is 12.0 Å². The van der Waals surface area contributed by atoms with E-state index < -0.39 is 65.1 Å². The number of ketones is 1. The second-order valence-corrected chi connectivity index (χ2v) is 15.7. The maximum atomic E-state index is 14.1. The highest BCUT2D eigenvalue weighted by Gasteiger charge is 2.46. The number of hydrogen-bond donors (Lipinski definition) is 4. The number of ether oxygens (including phenoxy) is 1. The van der Waals surface area contributed by atoms with Crippen molar-refractivity contribution in [3.63, 3.8) is 0 Å². The predicted octanol–water partition coefficient (Wildman–Crippen LogP) is 1.39. The highest BCUT2D eigenvalue weighted by molar-refractivity contribution is 14.2. The molecule has 5 amide bonds. The van der Waals surface area contributed by atoms with Crippen LogP contribution < -0.4 is 21.7 Å². The number of nitrogens with one attached hydrogen (secondary N) is 3. The molecule has 0 aromatic rings. The number of hydrogen-bond acceptors (Lipinski definition) is 7. The zero-order chi connectivity index (χ0) is 31.5. The summed E-state index contributed by atoms with van der Waals surface area (Å²) in [5.41, 5.74) is 4.53. The quantitative estimate of drug-likeness (QED) is 0.0858. The molecule has 240 valence electrons. The largest absolute Gasteiger partial charge is 0.464 e. The lowest BCUT2D eigenvalue weighted by atomic mass is 9.85. The van der Waals surface area contributed by atoms with E-state index in [1.807, 2.05) is 20.8 Å². The van der Waals surface area contributed by atoms with Crippen molar-refractivity contribution in [3.8, 4) is 0 Å². The smallest absolute Gasteiger partial charge is 0.328 e. The average Bonchev–Trinajstić information content (AvgIpc) is 3.80. The maximum absolute atomic E-state index is 14.1. The van der Waals surface area contributed by atoms with Crippen LogP contribution in [-0.4, -0.2) is 86.7 Å². The maximum Gasteiger partial charge on any atom is 0.328 e. The lowest BCUT2D eigenvalue weighted by molar-refractivity contribution is -0.147. The first-order chi connectivity index (χ1) is 20.3. The number of likely N-dealkylation sites (tertiary alicyclic amines) is 1. The van der Waals surface area contributed by atoms with Gasteiger partial charge in [0.05, 0.1) is 12.6 Å². The Bertz CT molecular complexity index is 1130. The minimum absolute atomic E-state index is 0.00584. The van der Waals surface area contributed by atoms with Crippen molar-refractivity contribution >= 4 is 60.8 Å². The Morgan fingerprint density at radius 1 is 0.953 bits per heavy atom. The zero-order valence-corrected chi connectivity index (χ0v) is 27.5. The molecule has 4 fully saturated rings. The van der Waals surface area contributed by atoms with Crippen LogP contribution in [0.25, 0.3) is 0 Å². The van der Waals surface area contributed by atoms with E-state index in [9.17, 15) is 28.8 Å². The van der Waals surface area contributed by atoms with Gasteiger partial charge in [-0.25, -0.2) is 9.59 Å². The van der Waals surface area contributed by atoms with Gasteiger partial charge in [-0.05, 0) is 72.0 Å². The van der Waals surface area contributed by atoms with Crippen LogP contribution in [0.2, 0.25) is 0 Å². The van der Waals surface area contributed by atoms with Gasteiger partial charge in [0.25, 0.3) is 5.91 Å². The summed E-state index contributed by atoms with van der Waals surface area (Å²) in [4.78, 5) is 79.3. The van der Waals surface area contributed by atoms with Crippen LogP contribution >= 0.6 is 20.7 Å². The Morgan fingerprint density at radius 2 is 1.60 bits per heavy atom. The topological polar surface area (TPSA) is 177 Å². The van der Waals surface area contributed by atoms with Gasteiger partial charge in [0.1, 0.15) is 18.1 Å². The number of carbonyl (C=O) groups excluding carboxylic acids is 6. The molecule has 0 bridgehead atoms. The molecule has 3 saturated carbocycles. The van der Waals surface area contributed by atoms with Crippen molar-refractivity contribution in [3.05, 3.63) is 0 Å². The number of carbonyl (C=O) groups is 6. The Labute approximate surface area is 263 Å². The van der Waals surface area contributed by atoms with Crippen molar-refractivity contribution < 1.29 is 33.5 Å². The number of rotatable bonds is 15. The van der Waals surface area contributed by atoms with Crippen LogP contribution in [0.15, 0.2) is 0 Å². The monoisotopic (exact) mass is 715 g/mol. The summed E-state index contributed by atoms with van der Waals surface area (Å²) >= 11 is -0.358. The molecular formula is C30H46IN5O7. The molecule has 0 spiro atoms. The summed E-state index contributed by atoms with van der Waals surface area (Å²) in [6.45, 7) is 6.13. The van der Waals surface area contributed by atoms with Gasteiger partial charge < -0.3 is 31.3 Å². The number of amides is 5. The molecule has 0 aromatic heterocycles. The lowest BCUT2D eigenvalue weighted by Crippen LogP contribution is -2.61. The fourth-order valence-corrected chi connectivity index (χ4v) is 7.06. The SMILES string of the molecule is C=IC[C@@H]1C[C@@H](C(=O)NC(CC2CC2)C(=O)C(N)=O)N(C(=O)[C@@H](NC(=O)N[C@H](C(=O)OCC2CC2)C2CC2)C(C)(C)C)C1. The summed E-state index contributed by atoms with van der Waals surface area (Å²) < 4.78 is 10.3. The van der Waals surface area contributed by atoms with E-state index in [1.54, 1.807) is 0 Å². The van der Waals surface area contributed by atoms with Crippen molar-refractivity contribution in [2.75, 3.05) is 17.6 Å². The number of nitrogens with two attached hydrogens (primary N) is 1. The van der Waals surface area contributed by atoms with Crippen molar-refractivity contribution in [2.45, 2.75) is 96.3 Å². The van der Waals surface area contributed by atoms with Crippen LogP contribution in [0, 0.1) is 29.1 Å². The fraction of sp³-hybridized carbons (Fsp3) is 0.767. The van der Waals surface area contributed by atoms with E-state index in [-0.39, 0.29) is 38.5 Å². The molecule has 3 aliphatic carbocycles. The molecular weight excluding hydrogens is 669 g/mol. The van der Waals surface area contributed by atoms with E-state index >= 15 is 0 Å². The van der Waals surface area contributed by atoms with Gasteiger partial charge in [-0.2, -0.15) is 0 Å². The van der Waals surface area contributed by atoms with E-state index in [1.165, 1.54) is 4.90 Å². The van der Waals surface area contributed by atoms with Gasteiger partial charge in [-0.15, -0.1) is 20.7 Å². The number of urea groups is 1. The number of Topliss-reactive ketones (excluding diaryl/α,β-unsaturated/α-hetero) is 1. The minimum atomic E-state index is -1.10. The zero-order valence-electron chi connectivity index (χ0n) is 25.4. The highest BCUT2D eigenvalue weighted by Crippen LogP contribution is 2.36. The molecule has 43 heavy (non-hydrogen) atoms. The predicted molar refractivity (Wildman–Crippen MR) is 168 cm³/mol. The summed E-state index contributed by atoms with van der Waals surface area (Å²) in [5, 5.41) is 8.26. The first kappa shape index (κ1) is 33.3. The third kappa shape index (κ3) is 9.45. The molecule has 1 aliphatic heterocycles. The molecule has 1 saturated heterocycles. The van der Waals surface area contributed by atoms with Crippen molar-refractivity contribution in [2.24, 2.45) is 34.8 Å². The standard InChI is InChI=1S/C30H46IN5O7/c1-30(2,3)24(35-29(42)34-22(19-9-10-19)28(41)43-15-17-7-8-17)27(40)36-14-18(13-31-4)12-21(36)26(39)33-20(11-16-5-6-16)23(37)25(32)38/h16-22,24H,4-15H2,1-3H3,(H2,32,38)(H,33,39)(H2,34,35,42)/t18-,20?,21-,22-,24+/m0/s1. The minimum Gasteiger partial charge on any atom is -0.464 e. The van der Waals surface area contributed by atoms with Crippen LogP contribution in [0.1, 0.15) is 72.1 Å². The third-order valence-corrected chi connectivity index (χ3v) is 10.5. The summed E-state index contributed by atoms with van der Waals surface area (Å²) in [6.07, 6.45) is 6.27. The van der Waals surface area contributed by atoms with Crippen molar-refractivity contribution in [1.29, 1.82) is 0 Å². The molecule has 4 aliphatic rings. The molecule has 0 aromatic carbocycles. The summed E-state index contributed by atoms with van der Waals surface area (Å²) in [7, 11) is 0. The van der Waals surface area contributed by atoms with E-state index in [0.717, 1.165) is 43.0 Å². The van der Waals surface area contributed by atoms with E-state index in [0.29, 0.717) is 31.9 Å². The highest BCUT2D eigenvalue weighted by atomic mass is 127. The van der Waals surface area contributed by atoms with Crippen LogP contribution in [0.3, 0.4) is 0 Å². The molecule has 0 radical (unpaired) electrons. The van der Waals surface area contributed by atoms with Gasteiger partial charge in [0, 0.05) is 6.54 Å². The van der Waals surface area contributed by atoms with Crippen molar-refractivity contribution in [1.82, 2.24) is 20.9 Å². The molecule has 13 heteroatoms. The van der Waals surface area contributed by atoms with E-state index in [2.05, 4.69) is 20.5 Å². The fourth-order valence-electron chi connectivity index (χ4n) is 5.54. The molecule has 1 unspecified atom stereocenters. The van der Waals surface area contributed by atoms with E-state index in [4.69, 9.17) is 10.5 Å². The molecule has 4 rings (SSSR count). The number of primary amides is 1. The normalized spacial score (nSPS) is 23.9. The Morgan fingerprint density at radius 3 is 2.14 bits per heavy atom. The molecule has 5 atom stereocenters. The van der Waals surface area contributed by atoms with Crippen LogP contribution in [0.5, 0.6) is 0 Å². The Balaban J connectivity index is 1.46. The number of nitrogens with zero attached hydrogens (tertiary/aromatic N) is 1. The summed E-state index contributed by atoms with van der Waals surface area (Å²) in [5.74, 6) is -2.63. The number of esters is 1. The average molecular weight is 716 g/mol. The lowest BCUT2D eigenvalue weighted by Gasteiger charge is -2.36. The van der Waals surface area contributed by atoms with Crippen LogP contribution in [0.4, 0.5) is 4.79 Å². The van der Waals surface area contributed by atoms with Gasteiger partial charge in [0.15, 0.2) is 0 Å². The molecule has 5 N–H and O–H groups in total. The Kier molecular flexibility index (Phi) is 10.9. The van der Waals surface area contributed by atoms with Crippen LogP contribution in [-0.2, 0) is 28.7 Å². The second-order valence-electron chi connectivity index (χ2n) is 13.7. The third-order valence-electron chi connectivity index (χ3n) is 8.62. The first-order valence-corrected chi connectivity index (χ1v) is 18.3. The second kappa shape index (κ2) is 14.0.